The van der Waals surface area contributed by atoms with E-state index in [1.807, 2.05) is 0 Å². The molecule has 1 aliphatic rings. The Balaban J connectivity index is 0.00000144. The molecule has 3 nitrogen and oxygen atoms in total. The molecule has 0 atom stereocenters. The first-order valence-electron chi connectivity index (χ1n) is 6.10. The standard InChI is InChI=1S/C13H19N3.ClH/c1-3-10-6-5-7-11(4-2)12(10)16-13-14-8-9-15-13;/h5-7H,3-4,8-9H2,1-2H3,(H2,14,15,16);1H. The van der Waals surface area contributed by atoms with Crippen LogP contribution in [0.15, 0.2) is 23.2 Å². The van der Waals surface area contributed by atoms with E-state index < -0.39 is 0 Å². The highest BCUT2D eigenvalue weighted by Gasteiger charge is 2.13. The SMILES string of the molecule is CCc1cccc(CC)c1NC1=NCC[NH2+]1.[Cl-]. The Labute approximate surface area is 109 Å². The highest BCUT2D eigenvalue weighted by molar-refractivity contribution is 5.89. The molecule has 0 spiro atoms. The number of halogens is 1. The van der Waals surface area contributed by atoms with Crippen molar-refractivity contribution in [3.63, 3.8) is 0 Å². The van der Waals surface area contributed by atoms with Gasteiger partial charge in [0.25, 0.3) is 5.96 Å². The fourth-order valence-corrected chi connectivity index (χ4v) is 2.07. The summed E-state index contributed by atoms with van der Waals surface area (Å²) in [4.78, 5) is 4.43. The van der Waals surface area contributed by atoms with Gasteiger partial charge in [-0.2, -0.15) is 0 Å². The number of quaternary nitrogens is 1. The third-order valence-corrected chi connectivity index (χ3v) is 3.00. The molecule has 1 heterocycles. The van der Waals surface area contributed by atoms with Crippen LogP contribution >= 0.6 is 0 Å². The molecule has 3 N–H and O–H groups in total. The van der Waals surface area contributed by atoms with Crippen LogP contribution in [-0.2, 0) is 12.8 Å². The zero-order chi connectivity index (χ0) is 11.4. The topological polar surface area (TPSA) is 41.0 Å². The molecule has 0 unspecified atom stereocenters. The Kier molecular flexibility index (Phi) is 5.45. The second-order valence-corrected chi connectivity index (χ2v) is 4.04. The largest absolute Gasteiger partial charge is 1.00 e. The van der Waals surface area contributed by atoms with Crippen LogP contribution in [0.3, 0.4) is 0 Å². The van der Waals surface area contributed by atoms with E-state index in [0.717, 1.165) is 31.9 Å². The van der Waals surface area contributed by atoms with Crippen molar-refractivity contribution in [2.75, 3.05) is 18.4 Å². The van der Waals surface area contributed by atoms with E-state index in [4.69, 9.17) is 0 Å². The Bertz CT molecular complexity index is 379. The van der Waals surface area contributed by atoms with Crippen molar-refractivity contribution < 1.29 is 17.7 Å². The molecule has 0 saturated heterocycles. The molecule has 0 amide bonds. The smallest absolute Gasteiger partial charge is 0.299 e. The molecular formula is C13H20ClN3. The van der Waals surface area contributed by atoms with Crippen LogP contribution in [0.4, 0.5) is 5.69 Å². The van der Waals surface area contributed by atoms with E-state index in [1.165, 1.54) is 16.8 Å². The zero-order valence-electron chi connectivity index (χ0n) is 10.5. The molecule has 2 rings (SSSR count). The summed E-state index contributed by atoms with van der Waals surface area (Å²) in [6.07, 6.45) is 2.12. The van der Waals surface area contributed by atoms with Crippen LogP contribution in [0.5, 0.6) is 0 Å². The first-order valence-corrected chi connectivity index (χ1v) is 6.10. The van der Waals surface area contributed by atoms with E-state index in [0.29, 0.717) is 0 Å². The first kappa shape index (κ1) is 14.0. The van der Waals surface area contributed by atoms with Crippen molar-refractivity contribution >= 4 is 11.6 Å². The van der Waals surface area contributed by atoms with Crippen LogP contribution in [-0.4, -0.2) is 19.0 Å². The monoisotopic (exact) mass is 253 g/mol. The molecule has 1 aliphatic heterocycles. The molecule has 0 aliphatic carbocycles. The van der Waals surface area contributed by atoms with Gasteiger partial charge in [-0.1, -0.05) is 32.0 Å². The second kappa shape index (κ2) is 6.62. The number of nitrogens with two attached hydrogens (primary N) is 1. The van der Waals surface area contributed by atoms with E-state index >= 15 is 0 Å². The highest BCUT2D eigenvalue weighted by atomic mass is 35.5. The maximum atomic E-state index is 4.43. The number of hydrogen-bond acceptors (Lipinski definition) is 2. The summed E-state index contributed by atoms with van der Waals surface area (Å²) in [6.45, 7) is 6.39. The van der Waals surface area contributed by atoms with Crippen LogP contribution in [0.1, 0.15) is 25.0 Å². The van der Waals surface area contributed by atoms with Gasteiger partial charge in [0.1, 0.15) is 6.54 Å². The third-order valence-electron chi connectivity index (χ3n) is 3.00. The number of para-hydroxylation sites is 1. The van der Waals surface area contributed by atoms with Crippen molar-refractivity contribution in [1.82, 2.24) is 0 Å². The van der Waals surface area contributed by atoms with Gasteiger partial charge in [0.05, 0.1) is 12.2 Å². The number of guanidine groups is 1. The normalized spacial score (nSPS) is 14.1. The number of hydrogen-bond donors (Lipinski definition) is 2. The summed E-state index contributed by atoms with van der Waals surface area (Å²) in [5, 5.41) is 5.65. The minimum Gasteiger partial charge on any atom is -1.00 e. The van der Waals surface area contributed by atoms with E-state index in [-0.39, 0.29) is 12.4 Å². The quantitative estimate of drug-likeness (QED) is 0.653. The van der Waals surface area contributed by atoms with Crippen LogP contribution in [0.25, 0.3) is 0 Å². The highest BCUT2D eigenvalue weighted by Crippen LogP contribution is 2.22. The van der Waals surface area contributed by atoms with E-state index in [2.05, 4.69) is 47.7 Å². The van der Waals surface area contributed by atoms with Crippen molar-refractivity contribution in [1.29, 1.82) is 0 Å². The fourth-order valence-electron chi connectivity index (χ4n) is 2.07. The maximum absolute atomic E-state index is 4.43. The molecule has 0 radical (unpaired) electrons. The predicted octanol–water partition coefficient (Wildman–Crippen LogP) is -1.84. The minimum absolute atomic E-state index is 0. The summed E-state index contributed by atoms with van der Waals surface area (Å²) in [5.74, 6) is 1.04. The summed E-state index contributed by atoms with van der Waals surface area (Å²) < 4.78 is 0. The van der Waals surface area contributed by atoms with Crippen molar-refractivity contribution in [2.24, 2.45) is 4.99 Å². The van der Waals surface area contributed by atoms with Crippen LogP contribution in [0, 0.1) is 0 Å². The lowest BCUT2D eigenvalue weighted by Gasteiger charge is -2.13. The van der Waals surface area contributed by atoms with Gasteiger partial charge in [0.2, 0.25) is 0 Å². The van der Waals surface area contributed by atoms with Crippen molar-refractivity contribution in [3.05, 3.63) is 29.3 Å². The molecule has 0 fully saturated rings. The number of aliphatic imine (C=N–C) groups is 1. The van der Waals surface area contributed by atoms with Gasteiger partial charge in [0.15, 0.2) is 0 Å². The first-order chi connectivity index (χ1) is 7.85. The molecule has 1 aromatic carbocycles. The van der Waals surface area contributed by atoms with Gasteiger partial charge < -0.3 is 12.4 Å². The lowest BCUT2D eigenvalue weighted by atomic mass is 10.0. The van der Waals surface area contributed by atoms with Gasteiger partial charge in [0, 0.05) is 0 Å². The van der Waals surface area contributed by atoms with Gasteiger partial charge in [-0.15, -0.1) is 0 Å². The lowest BCUT2D eigenvalue weighted by molar-refractivity contribution is -0.527. The average Bonchev–Trinajstić information content (AvgIpc) is 2.82. The number of rotatable bonds is 3. The number of aryl methyl sites for hydroxylation is 2. The minimum atomic E-state index is 0. The molecule has 0 saturated carbocycles. The Morgan fingerprint density at radius 1 is 1.24 bits per heavy atom. The van der Waals surface area contributed by atoms with Crippen molar-refractivity contribution in [3.8, 4) is 0 Å². The Morgan fingerprint density at radius 2 is 1.88 bits per heavy atom. The number of benzene rings is 1. The van der Waals surface area contributed by atoms with Gasteiger partial charge in [-0.3, -0.25) is 10.6 Å². The number of nitrogens with one attached hydrogen (secondary N) is 1. The maximum Gasteiger partial charge on any atom is 0.299 e. The molecule has 0 bridgehead atoms. The molecule has 0 aromatic heterocycles. The molecule has 4 heteroatoms. The summed E-state index contributed by atoms with van der Waals surface area (Å²) in [7, 11) is 0. The Morgan fingerprint density at radius 3 is 2.35 bits per heavy atom. The number of anilines is 1. The van der Waals surface area contributed by atoms with Crippen LogP contribution in [0.2, 0.25) is 0 Å². The van der Waals surface area contributed by atoms with Crippen molar-refractivity contribution in [2.45, 2.75) is 26.7 Å². The van der Waals surface area contributed by atoms with E-state index in [1.54, 1.807) is 0 Å². The third kappa shape index (κ3) is 3.20. The summed E-state index contributed by atoms with van der Waals surface area (Å²) in [6, 6.07) is 6.52. The molecule has 17 heavy (non-hydrogen) atoms. The molecule has 94 valence electrons. The predicted molar refractivity (Wildman–Crippen MR) is 67.9 cm³/mol. The number of nitrogens with zero attached hydrogens (tertiary/aromatic N) is 1. The summed E-state index contributed by atoms with van der Waals surface area (Å²) in [5.41, 5.74) is 4.02. The summed E-state index contributed by atoms with van der Waals surface area (Å²) >= 11 is 0. The van der Waals surface area contributed by atoms with Gasteiger partial charge in [-0.05, 0) is 24.0 Å². The zero-order valence-corrected chi connectivity index (χ0v) is 11.2. The van der Waals surface area contributed by atoms with Gasteiger partial charge >= 0.3 is 0 Å². The fraction of sp³-hybridized carbons (Fsp3) is 0.462. The van der Waals surface area contributed by atoms with E-state index in [9.17, 15) is 0 Å². The van der Waals surface area contributed by atoms with Gasteiger partial charge in [-0.25, -0.2) is 4.99 Å². The molecule has 1 aromatic rings. The lowest BCUT2D eigenvalue weighted by Crippen LogP contribution is -3.00. The average molecular weight is 254 g/mol. The molecular weight excluding hydrogens is 234 g/mol. The Hall–Kier alpha value is -1.06. The second-order valence-electron chi connectivity index (χ2n) is 4.04. The van der Waals surface area contributed by atoms with Crippen LogP contribution < -0.4 is 23.0 Å².